The number of amides is 4. The van der Waals surface area contributed by atoms with Gasteiger partial charge in [-0.1, -0.05) is 73.9 Å². The molecule has 3 aliphatic heterocycles. The normalized spacial score (nSPS) is 20.9. The molecule has 3 fully saturated rings. The smallest absolute Gasteiger partial charge is 0.250 e. The van der Waals surface area contributed by atoms with Gasteiger partial charge in [0.2, 0.25) is 17.7 Å². The first-order valence-corrected chi connectivity index (χ1v) is 18.3. The van der Waals surface area contributed by atoms with Gasteiger partial charge in [-0.2, -0.15) is 0 Å². The maximum absolute atomic E-state index is 14.3. The highest BCUT2D eigenvalue weighted by Gasteiger charge is 2.54. The van der Waals surface area contributed by atoms with Crippen LogP contribution < -0.4 is 20.9 Å². The van der Waals surface area contributed by atoms with E-state index in [1.165, 1.54) is 18.6 Å². The number of hydrogen-bond acceptors (Lipinski definition) is 6. The second kappa shape index (κ2) is 15.2. The molecule has 1 aliphatic carbocycles. The van der Waals surface area contributed by atoms with Crippen LogP contribution in [0.4, 0.5) is 10.1 Å². The topological polar surface area (TPSA) is 114 Å². The minimum absolute atomic E-state index is 0.00944. The van der Waals surface area contributed by atoms with Crippen LogP contribution in [-0.4, -0.2) is 83.4 Å². The lowest BCUT2D eigenvalue weighted by Gasteiger charge is -2.44. The van der Waals surface area contributed by atoms with Crippen LogP contribution in [0.5, 0.6) is 0 Å². The van der Waals surface area contributed by atoms with Crippen molar-refractivity contribution in [2.75, 3.05) is 31.2 Å². The molecule has 0 radical (unpaired) electrons. The number of nitrogens with zero attached hydrogens (tertiary/aromatic N) is 3. The molecule has 0 unspecified atom stereocenters. The lowest BCUT2D eigenvalue weighted by atomic mass is 9.85. The zero-order chi connectivity index (χ0) is 35.4. The Morgan fingerprint density at radius 1 is 0.902 bits per heavy atom. The number of hydrogen-bond donors (Lipinski definition) is 3. The van der Waals surface area contributed by atoms with E-state index in [1.54, 1.807) is 21.9 Å². The summed E-state index contributed by atoms with van der Waals surface area (Å²) in [4.78, 5) is 60.8. The maximum atomic E-state index is 14.3. The summed E-state index contributed by atoms with van der Waals surface area (Å²) in [5.41, 5.74) is 2.82. The van der Waals surface area contributed by atoms with Gasteiger partial charge in [0.1, 0.15) is 23.9 Å². The highest BCUT2D eigenvalue weighted by Crippen LogP contribution is 2.39. The fourth-order valence-electron chi connectivity index (χ4n) is 8.35. The fourth-order valence-corrected chi connectivity index (χ4v) is 8.35. The predicted molar refractivity (Wildman–Crippen MR) is 192 cm³/mol. The maximum Gasteiger partial charge on any atom is 0.250 e. The summed E-state index contributed by atoms with van der Waals surface area (Å²) >= 11 is 0. The highest BCUT2D eigenvalue weighted by atomic mass is 19.1. The summed E-state index contributed by atoms with van der Waals surface area (Å²) in [5, 5.41) is 9.45. The molecule has 2 saturated heterocycles. The highest BCUT2D eigenvalue weighted by molar-refractivity contribution is 5.97. The molecule has 3 aromatic rings. The first-order chi connectivity index (χ1) is 24.8. The van der Waals surface area contributed by atoms with Gasteiger partial charge in [-0.05, 0) is 73.1 Å². The molecule has 51 heavy (non-hydrogen) atoms. The summed E-state index contributed by atoms with van der Waals surface area (Å²) in [6, 6.07) is 22.6. The molecular weight excluding hydrogens is 647 g/mol. The van der Waals surface area contributed by atoms with Gasteiger partial charge in [-0.15, -0.1) is 0 Å². The molecule has 3 aromatic carbocycles. The standard InChI is InChI=1S/C40H47FN6O4/c41-31-13-9-10-28(22-31)23-35(44-37(49)34-24-29-11-7-8-12-30(29)25-42-34)38(50)45-20-18-40(19-21-45)39(51)46(27-47(40)33-16-5-2-6-17-33)26-36(48)43-32-14-3-1-4-15-32/h2,5-13,16-17,22,32,34-35,42H,1,3-4,14-15,18-21,23-27H2,(H,43,48)(H,44,49)/t34-,35-/m1/s1. The van der Waals surface area contributed by atoms with Gasteiger partial charge in [0.25, 0.3) is 5.91 Å². The molecule has 11 heteroatoms. The number of fused-ring (bicyclic) bond motifs is 1. The number of rotatable bonds is 9. The Bertz CT molecular complexity index is 1740. The summed E-state index contributed by atoms with van der Waals surface area (Å²) in [5.74, 6) is -1.20. The van der Waals surface area contributed by atoms with Crippen LogP contribution >= 0.6 is 0 Å². The first-order valence-electron chi connectivity index (χ1n) is 18.3. The van der Waals surface area contributed by atoms with Crippen LogP contribution in [-0.2, 0) is 38.6 Å². The molecule has 7 rings (SSSR count). The van der Waals surface area contributed by atoms with E-state index in [0.29, 0.717) is 44.5 Å². The minimum atomic E-state index is -0.920. The number of carbonyl (C=O) groups is 4. The second-order valence-electron chi connectivity index (χ2n) is 14.5. The molecule has 1 saturated carbocycles. The van der Waals surface area contributed by atoms with E-state index in [2.05, 4.69) is 20.9 Å². The summed E-state index contributed by atoms with van der Waals surface area (Å²) < 4.78 is 14.2. The number of anilines is 1. The van der Waals surface area contributed by atoms with Crippen molar-refractivity contribution in [3.63, 3.8) is 0 Å². The number of likely N-dealkylation sites (tertiary alicyclic amines) is 1. The van der Waals surface area contributed by atoms with Crippen LogP contribution in [0.1, 0.15) is 61.6 Å². The third-order valence-electron chi connectivity index (χ3n) is 11.1. The molecule has 3 N–H and O–H groups in total. The lowest BCUT2D eigenvalue weighted by Crippen LogP contribution is -2.60. The van der Waals surface area contributed by atoms with Crippen LogP contribution in [0.2, 0.25) is 0 Å². The van der Waals surface area contributed by atoms with Gasteiger partial charge >= 0.3 is 0 Å². The van der Waals surface area contributed by atoms with E-state index < -0.39 is 23.4 Å². The van der Waals surface area contributed by atoms with E-state index in [1.807, 2.05) is 54.6 Å². The van der Waals surface area contributed by atoms with Gasteiger partial charge in [0.05, 0.1) is 12.7 Å². The quantitative estimate of drug-likeness (QED) is 0.315. The first kappa shape index (κ1) is 34.7. The molecule has 2 atom stereocenters. The van der Waals surface area contributed by atoms with Gasteiger partial charge in [-0.25, -0.2) is 4.39 Å². The van der Waals surface area contributed by atoms with E-state index >= 15 is 0 Å². The number of piperidine rings is 1. The zero-order valence-corrected chi connectivity index (χ0v) is 29.0. The van der Waals surface area contributed by atoms with Crippen molar-refractivity contribution in [3.8, 4) is 0 Å². The van der Waals surface area contributed by atoms with Crippen molar-refractivity contribution < 1.29 is 23.6 Å². The van der Waals surface area contributed by atoms with Crippen LogP contribution in [0.25, 0.3) is 0 Å². The van der Waals surface area contributed by atoms with E-state index in [-0.39, 0.29) is 49.3 Å². The van der Waals surface area contributed by atoms with E-state index in [9.17, 15) is 23.6 Å². The Balaban J connectivity index is 1.06. The molecule has 0 bridgehead atoms. The summed E-state index contributed by atoms with van der Waals surface area (Å²) in [6.45, 7) is 1.41. The average molecular weight is 695 g/mol. The summed E-state index contributed by atoms with van der Waals surface area (Å²) in [7, 11) is 0. The number of halogens is 1. The van der Waals surface area contributed by atoms with Crippen molar-refractivity contribution in [3.05, 3.63) is 101 Å². The Labute approximate surface area is 298 Å². The largest absolute Gasteiger partial charge is 0.352 e. The van der Waals surface area contributed by atoms with Gasteiger partial charge in [0, 0.05) is 37.8 Å². The molecule has 4 aliphatic rings. The Morgan fingerprint density at radius 3 is 2.37 bits per heavy atom. The number of benzene rings is 3. The second-order valence-corrected chi connectivity index (χ2v) is 14.5. The van der Waals surface area contributed by atoms with E-state index in [0.717, 1.165) is 42.5 Å². The Kier molecular flexibility index (Phi) is 10.4. The number of para-hydroxylation sites is 1. The average Bonchev–Trinajstić information content (AvgIpc) is 3.41. The third-order valence-corrected chi connectivity index (χ3v) is 11.1. The van der Waals surface area contributed by atoms with Gasteiger partial charge in [0.15, 0.2) is 0 Å². The fraction of sp³-hybridized carbons (Fsp3) is 0.450. The van der Waals surface area contributed by atoms with Gasteiger partial charge < -0.3 is 30.7 Å². The third kappa shape index (κ3) is 7.63. The van der Waals surface area contributed by atoms with Crippen molar-refractivity contribution in [2.24, 2.45) is 0 Å². The Hall–Kier alpha value is -4.77. The lowest BCUT2D eigenvalue weighted by molar-refractivity contribution is -0.141. The van der Waals surface area contributed by atoms with Crippen molar-refractivity contribution in [1.82, 2.24) is 25.8 Å². The van der Waals surface area contributed by atoms with Crippen LogP contribution in [0.15, 0.2) is 78.9 Å². The van der Waals surface area contributed by atoms with Crippen molar-refractivity contribution >= 4 is 29.3 Å². The summed E-state index contributed by atoms with van der Waals surface area (Å²) in [6.07, 6.45) is 6.71. The molecule has 4 amide bonds. The van der Waals surface area contributed by atoms with E-state index in [4.69, 9.17) is 0 Å². The molecule has 0 aromatic heterocycles. The molecular formula is C40H47FN6O4. The molecule has 1 spiro atoms. The molecule has 3 heterocycles. The number of carbonyl (C=O) groups excluding carboxylic acids is 4. The Morgan fingerprint density at radius 2 is 1.63 bits per heavy atom. The van der Waals surface area contributed by atoms with Crippen molar-refractivity contribution in [2.45, 2.75) is 88.0 Å². The number of nitrogens with one attached hydrogen (secondary N) is 3. The van der Waals surface area contributed by atoms with Crippen molar-refractivity contribution in [1.29, 1.82) is 0 Å². The zero-order valence-electron chi connectivity index (χ0n) is 29.0. The SMILES string of the molecule is O=C(CN1CN(c2ccccc2)C2(CCN(C(=O)[C@@H](Cc3cccc(F)c3)NC(=O)[C@H]3Cc4ccccc4CN3)CC2)C1=O)NC1CCCCC1. The minimum Gasteiger partial charge on any atom is -0.352 e. The monoisotopic (exact) mass is 694 g/mol. The predicted octanol–water partition coefficient (Wildman–Crippen LogP) is 3.68. The van der Waals surface area contributed by atoms with Crippen LogP contribution in [0.3, 0.4) is 0 Å². The molecule has 10 nitrogen and oxygen atoms in total. The van der Waals surface area contributed by atoms with Crippen LogP contribution in [0, 0.1) is 5.82 Å². The van der Waals surface area contributed by atoms with Gasteiger partial charge in [-0.3, -0.25) is 19.2 Å². The molecule has 268 valence electrons.